The third-order valence-corrected chi connectivity index (χ3v) is 4.91. The summed E-state index contributed by atoms with van der Waals surface area (Å²) in [6.07, 6.45) is 6.91. The molecule has 1 amide bonds. The SMILES string of the molecule is Cc1ccc(Cn2nc(C)c(/C=C/C(=O)N(C)Cc3cnn(C)c3)c2Cl)cc1. The molecule has 0 spiro atoms. The molecule has 0 fully saturated rings. The summed E-state index contributed by atoms with van der Waals surface area (Å²) in [5.74, 6) is -0.106. The molecule has 0 saturated heterocycles. The van der Waals surface area contributed by atoms with Crippen molar-refractivity contribution in [3.05, 3.63) is 75.8 Å². The highest BCUT2D eigenvalue weighted by Crippen LogP contribution is 2.22. The summed E-state index contributed by atoms with van der Waals surface area (Å²) in [4.78, 5) is 14.1. The highest BCUT2D eigenvalue weighted by atomic mass is 35.5. The van der Waals surface area contributed by atoms with Crippen LogP contribution in [-0.4, -0.2) is 37.4 Å². The predicted octanol–water partition coefficient (Wildman–Crippen LogP) is 3.61. The van der Waals surface area contributed by atoms with Crippen molar-refractivity contribution < 1.29 is 4.79 Å². The number of aryl methyl sites for hydroxylation is 3. The molecule has 3 aromatic rings. The van der Waals surface area contributed by atoms with E-state index in [1.807, 2.05) is 20.2 Å². The molecule has 2 aromatic heterocycles. The summed E-state index contributed by atoms with van der Waals surface area (Å²) >= 11 is 6.52. The largest absolute Gasteiger partial charge is 0.338 e. The number of carbonyl (C=O) groups is 1. The third-order valence-electron chi connectivity index (χ3n) is 4.51. The molecular weight excluding hydrogens is 374 g/mol. The van der Waals surface area contributed by atoms with Gasteiger partial charge in [0.2, 0.25) is 5.91 Å². The monoisotopic (exact) mass is 397 g/mol. The highest BCUT2D eigenvalue weighted by Gasteiger charge is 2.13. The Balaban J connectivity index is 1.70. The second-order valence-corrected chi connectivity index (χ2v) is 7.34. The van der Waals surface area contributed by atoms with Crippen LogP contribution in [0, 0.1) is 13.8 Å². The van der Waals surface area contributed by atoms with E-state index in [-0.39, 0.29) is 5.91 Å². The Morgan fingerprint density at radius 2 is 1.93 bits per heavy atom. The van der Waals surface area contributed by atoms with Gasteiger partial charge in [-0.2, -0.15) is 10.2 Å². The van der Waals surface area contributed by atoms with Crippen LogP contribution in [0.3, 0.4) is 0 Å². The van der Waals surface area contributed by atoms with Crippen LogP contribution in [0.5, 0.6) is 0 Å². The number of hydrogen-bond donors (Lipinski definition) is 0. The van der Waals surface area contributed by atoms with Crippen LogP contribution in [0.15, 0.2) is 42.7 Å². The molecule has 146 valence electrons. The van der Waals surface area contributed by atoms with Gasteiger partial charge < -0.3 is 4.90 Å². The maximum absolute atomic E-state index is 12.4. The fraction of sp³-hybridized carbons (Fsp3) is 0.286. The number of aromatic nitrogens is 4. The summed E-state index contributed by atoms with van der Waals surface area (Å²) in [6, 6.07) is 8.26. The zero-order valence-corrected chi connectivity index (χ0v) is 17.3. The molecule has 2 heterocycles. The number of nitrogens with zero attached hydrogens (tertiary/aromatic N) is 5. The van der Waals surface area contributed by atoms with Crippen molar-refractivity contribution in [1.29, 1.82) is 0 Å². The van der Waals surface area contributed by atoms with Crippen molar-refractivity contribution in [1.82, 2.24) is 24.5 Å². The molecule has 0 N–H and O–H groups in total. The Hall–Kier alpha value is -2.86. The average Bonchev–Trinajstić information content (AvgIpc) is 3.18. The van der Waals surface area contributed by atoms with Crippen LogP contribution >= 0.6 is 11.6 Å². The van der Waals surface area contributed by atoms with Crippen LogP contribution in [0.4, 0.5) is 0 Å². The van der Waals surface area contributed by atoms with Gasteiger partial charge in [-0.15, -0.1) is 0 Å². The van der Waals surface area contributed by atoms with Crippen LogP contribution in [0.2, 0.25) is 5.15 Å². The second-order valence-electron chi connectivity index (χ2n) is 6.98. The number of likely N-dealkylation sites (N-methyl/N-ethyl adjacent to an activating group) is 1. The van der Waals surface area contributed by atoms with Crippen LogP contribution in [0.25, 0.3) is 6.08 Å². The topological polar surface area (TPSA) is 56.0 Å². The van der Waals surface area contributed by atoms with Gasteiger partial charge in [-0.25, -0.2) is 4.68 Å². The Morgan fingerprint density at radius 3 is 2.57 bits per heavy atom. The first-order chi connectivity index (χ1) is 13.3. The molecule has 0 aliphatic heterocycles. The van der Waals surface area contributed by atoms with Crippen LogP contribution < -0.4 is 0 Å². The number of benzene rings is 1. The van der Waals surface area contributed by atoms with E-state index in [1.54, 1.807) is 33.6 Å². The Kier molecular flexibility index (Phi) is 5.99. The Bertz CT molecular complexity index is 1000. The van der Waals surface area contributed by atoms with Crippen molar-refractivity contribution in [2.45, 2.75) is 26.9 Å². The molecule has 0 atom stereocenters. The molecule has 28 heavy (non-hydrogen) atoms. The van der Waals surface area contributed by atoms with Gasteiger partial charge in [-0.3, -0.25) is 9.48 Å². The smallest absolute Gasteiger partial charge is 0.246 e. The predicted molar refractivity (Wildman–Crippen MR) is 111 cm³/mol. The van der Waals surface area contributed by atoms with Crippen LogP contribution in [0.1, 0.15) is 27.9 Å². The van der Waals surface area contributed by atoms with Gasteiger partial charge in [-0.05, 0) is 25.5 Å². The first kappa shape index (κ1) is 19.9. The number of carbonyl (C=O) groups excluding carboxylic acids is 1. The standard InChI is InChI=1S/C21H24ClN5O/c1-15-5-7-17(8-6-15)14-27-21(22)19(16(2)24-27)9-10-20(28)25(3)12-18-11-23-26(4)13-18/h5-11,13H,12,14H2,1-4H3/b10-9+. The Morgan fingerprint density at radius 1 is 1.21 bits per heavy atom. The Labute approximate surface area is 170 Å². The van der Waals surface area contributed by atoms with Crippen molar-refractivity contribution in [3.8, 4) is 0 Å². The van der Waals surface area contributed by atoms with Crippen molar-refractivity contribution in [2.24, 2.45) is 7.05 Å². The summed E-state index contributed by atoms with van der Waals surface area (Å²) in [5, 5.41) is 9.16. The van der Waals surface area contributed by atoms with Gasteiger partial charge in [0, 0.05) is 44.0 Å². The number of amides is 1. The molecule has 1 aromatic carbocycles. The number of rotatable bonds is 6. The van der Waals surface area contributed by atoms with Crippen molar-refractivity contribution in [2.75, 3.05) is 7.05 Å². The van der Waals surface area contributed by atoms with Crippen molar-refractivity contribution >= 4 is 23.6 Å². The summed E-state index contributed by atoms with van der Waals surface area (Å²) in [5.41, 5.74) is 4.86. The van der Waals surface area contributed by atoms with E-state index in [0.717, 1.165) is 22.4 Å². The van der Waals surface area contributed by atoms with E-state index in [2.05, 4.69) is 41.4 Å². The minimum Gasteiger partial charge on any atom is -0.338 e. The maximum Gasteiger partial charge on any atom is 0.246 e. The molecule has 0 bridgehead atoms. The molecule has 3 rings (SSSR count). The normalized spacial score (nSPS) is 11.3. The average molecular weight is 398 g/mol. The fourth-order valence-electron chi connectivity index (χ4n) is 2.91. The fourth-order valence-corrected chi connectivity index (χ4v) is 3.21. The first-order valence-electron chi connectivity index (χ1n) is 9.02. The minimum atomic E-state index is -0.106. The van der Waals surface area contributed by atoms with E-state index in [4.69, 9.17) is 11.6 Å². The van der Waals surface area contributed by atoms with E-state index < -0.39 is 0 Å². The van der Waals surface area contributed by atoms with Gasteiger partial charge in [0.05, 0.1) is 18.4 Å². The highest BCUT2D eigenvalue weighted by molar-refractivity contribution is 6.31. The molecule has 7 heteroatoms. The van der Waals surface area contributed by atoms with Gasteiger partial charge >= 0.3 is 0 Å². The molecular formula is C21H24ClN5O. The third kappa shape index (κ3) is 4.70. The van der Waals surface area contributed by atoms with E-state index in [9.17, 15) is 4.79 Å². The molecule has 6 nitrogen and oxygen atoms in total. The van der Waals surface area contributed by atoms with E-state index in [0.29, 0.717) is 18.2 Å². The summed E-state index contributed by atoms with van der Waals surface area (Å²) in [7, 11) is 3.61. The lowest BCUT2D eigenvalue weighted by Gasteiger charge is -2.13. The lowest BCUT2D eigenvalue weighted by molar-refractivity contribution is -0.125. The zero-order valence-electron chi connectivity index (χ0n) is 16.6. The maximum atomic E-state index is 12.4. The van der Waals surface area contributed by atoms with Gasteiger partial charge in [0.1, 0.15) is 5.15 Å². The molecule has 0 radical (unpaired) electrons. The van der Waals surface area contributed by atoms with E-state index in [1.165, 1.54) is 11.6 Å². The van der Waals surface area contributed by atoms with Gasteiger partial charge in [0.15, 0.2) is 0 Å². The van der Waals surface area contributed by atoms with Crippen LogP contribution in [-0.2, 0) is 24.9 Å². The first-order valence-corrected chi connectivity index (χ1v) is 9.40. The molecule has 0 aliphatic carbocycles. The summed E-state index contributed by atoms with van der Waals surface area (Å²) in [6.45, 7) is 5.03. The molecule has 0 aliphatic rings. The van der Waals surface area contributed by atoms with Gasteiger partial charge in [0.25, 0.3) is 0 Å². The second kappa shape index (κ2) is 8.44. The summed E-state index contributed by atoms with van der Waals surface area (Å²) < 4.78 is 3.47. The van der Waals surface area contributed by atoms with E-state index >= 15 is 0 Å². The number of hydrogen-bond acceptors (Lipinski definition) is 3. The van der Waals surface area contributed by atoms with Crippen molar-refractivity contribution in [3.63, 3.8) is 0 Å². The minimum absolute atomic E-state index is 0.106. The zero-order chi connectivity index (χ0) is 20.3. The lowest BCUT2D eigenvalue weighted by Crippen LogP contribution is -2.23. The van der Waals surface area contributed by atoms with Gasteiger partial charge in [-0.1, -0.05) is 41.4 Å². The lowest BCUT2D eigenvalue weighted by atomic mass is 10.1. The number of halogens is 1. The quantitative estimate of drug-likeness (QED) is 0.597. The molecule has 0 unspecified atom stereocenters. The molecule has 0 saturated carbocycles.